The van der Waals surface area contributed by atoms with Crippen molar-refractivity contribution in [2.75, 3.05) is 0 Å². The standard InChI is InChI=1S/C14H10Cl2F2O/c15-9-2-4-12(17)10(7-9)14(19)6-8-1-3-13(18)11(16)5-8/h1-5,7,14,19H,6H2. The molecule has 0 saturated carbocycles. The molecule has 0 spiro atoms. The zero-order valence-electron chi connectivity index (χ0n) is 9.71. The average molecular weight is 303 g/mol. The first-order chi connectivity index (χ1) is 8.97. The molecule has 0 aromatic heterocycles. The second-order valence-corrected chi connectivity index (χ2v) is 4.98. The molecule has 1 unspecified atom stereocenters. The van der Waals surface area contributed by atoms with Crippen LogP contribution in [0.4, 0.5) is 8.78 Å². The van der Waals surface area contributed by atoms with E-state index in [0.29, 0.717) is 10.6 Å². The molecule has 0 radical (unpaired) electrons. The number of hydrogen-bond acceptors (Lipinski definition) is 1. The number of benzene rings is 2. The van der Waals surface area contributed by atoms with Gasteiger partial charge in [0, 0.05) is 17.0 Å². The zero-order valence-corrected chi connectivity index (χ0v) is 11.2. The largest absolute Gasteiger partial charge is 0.388 e. The Kier molecular flexibility index (Phi) is 4.40. The van der Waals surface area contributed by atoms with Crippen LogP contribution in [0.3, 0.4) is 0 Å². The summed E-state index contributed by atoms with van der Waals surface area (Å²) in [5, 5.41) is 10.3. The molecule has 2 aromatic rings. The molecule has 5 heteroatoms. The predicted octanol–water partition coefficient (Wildman–Crippen LogP) is 4.55. The van der Waals surface area contributed by atoms with Gasteiger partial charge in [0.2, 0.25) is 0 Å². The minimum atomic E-state index is -1.07. The van der Waals surface area contributed by atoms with Gasteiger partial charge < -0.3 is 5.11 Å². The summed E-state index contributed by atoms with van der Waals surface area (Å²) < 4.78 is 26.6. The Morgan fingerprint density at radius 3 is 2.37 bits per heavy atom. The van der Waals surface area contributed by atoms with E-state index in [1.54, 1.807) is 0 Å². The highest BCUT2D eigenvalue weighted by Crippen LogP contribution is 2.25. The number of aliphatic hydroxyl groups is 1. The van der Waals surface area contributed by atoms with Crippen LogP contribution in [0.5, 0.6) is 0 Å². The summed E-state index contributed by atoms with van der Waals surface area (Å²) in [6.07, 6.45) is -0.947. The van der Waals surface area contributed by atoms with Crippen molar-refractivity contribution >= 4 is 23.2 Å². The number of aliphatic hydroxyl groups excluding tert-OH is 1. The van der Waals surface area contributed by atoms with Crippen molar-refractivity contribution in [2.45, 2.75) is 12.5 Å². The summed E-state index contributed by atoms with van der Waals surface area (Å²) in [6.45, 7) is 0. The third kappa shape index (κ3) is 3.44. The first kappa shape index (κ1) is 14.3. The lowest BCUT2D eigenvalue weighted by Crippen LogP contribution is -2.04. The molecule has 0 bridgehead atoms. The predicted molar refractivity (Wildman–Crippen MR) is 71.5 cm³/mol. The van der Waals surface area contributed by atoms with E-state index < -0.39 is 17.7 Å². The van der Waals surface area contributed by atoms with Gasteiger partial charge in [0.25, 0.3) is 0 Å². The maximum Gasteiger partial charge on any atom is 0.141 e. The molecule has 1 N–H and O–H groups in total. The Morgan fingerprint density at radius 2 is 1.68 bits per heavy atom. The molecule has 19 heavy (non-hydrogen) atoms. The molecule has 0 fully saturated rings. The van der Waals surface area contributed by atoms with Crippen LogP contribution in [0.15, 0.2) is 36.4 Å². The van der Waals surface area contributed by atoms with Gasteiger partial charge in [-0.25, -0.2) is 8.78 Å². The lowest BCUT2D eigenvalue weighted by atomic mass is 10.0. The molecule has 0 heterocycles. The number of rotatable bonds is 3. The minimum absolute atomic E-state index is 0.0312. The van der Waals surface area contributed by atoms with Gasteiger partial charge in [0.15, 0.2) is 0 Å². The molecule has 0 aliphatic carbocycles. The van der Waals surface area contributed by atoms with Crippen LogP contribution in [0, 0.1) is 11.6 Å². The molecule has 1 nitrogen and oxygen atoms in total. The van der Waals surface area contributed by atoms with Gasteiger partial charge in [-0.05, 0) is 35.9 Å². The fraction of sp³-hybridized carbons (Fsp3) is 0.143. The zero-order chi connectivity index (χ0) is 14.0. The van der Waals surface area contributed by atoms with E-state index in [4.69, 9.17) is 23.2 Å². The summed E-state index contributed by atoms with van der Waals surface area (Å²) >= 11 is 11.4. The second-order valence-electron chi connectivity index (χ2n) is 4.13. The van der Waals surface area contributed by atoms with E-state index in [0.717, 1.165) is 0 Å². The molecule has 0 aliphatic heterocycles. The van der Waals surface area contributed by atoms with Crippen LogP contribution in [0.1, 0.15) is 17.2 Å². The normalized spacial score (nSPS) is 12.5. The van der Waals surface area contributed by atoms with Gasteiger partial charge in [-0.2, -0.15) is 0 Å². The fourth-order valence-corrected chi connectivity index (χ4v) is 2.15. The van der Waals surface area contributed by atoms with Crippen molar-refractivity contribution in [3.8, 4) is 0 Å². The van der Waals surface area contributed by atoms with E-state index in [2.05, 4.69) is 0 Å². The summed E-state index contributed by atoms with van der Waals surface area (Å²) in [7, 11) is 0. The smallest absolute Gasteiger partial charge is 0.141 e. The maximum absolute atomic E-state index is 13.6. The van der Waals surface area contributed by atoms with Crippen LogP contribution >= 0.6 is 23.2 Å². The Bertz CT molecular complexity index is 602. The van der Waals surface area contributed by atoms with Crippen molar-refractivity contribution in [2.24, 2.45) is 0 Å². The maximum atomic E-state index is 13.6. The van der Waals surface area contributed by atoms with E-state index in [-0.39, 0.29) is 17.0 Å². The molecule has 0 aliphatic rings. The lowest BCUT2D eigenvalue weighted by molar-refractivity contribution is 0.173. The van der Waals surface area contributed by atoms with Crippen LogP contribution in [-0.2, 0) is 6.42 Å². The quantitative estimate of drug-likeness (QED) is 0.882. The molecule has 100 valence electrons. The van der Waals surface area contributed by atoms with Crippen LogP contribution in [-0.4, -0.2) is 5.11 Å². The highest BCUT2D eigenvalue weighted by molar-refractivity contribution is 6.31. The number of halogens is 4. The van der Waals surface area contributed by atoms with Crippen LogP contribution in [0.2, 0.25) is 10.0 Å². The van der Waals surface area contributed by atoms with Gasteiger partial charge >= 0.3 is 0 Å². The summed E-state index contributed by atoms with van der Waals surface area (Å²) in [5.74, 6) is -1.07. The molecule has 1 atom stereocenters. The van der Waals surface area contributed by atoms with Gasteiger partial charge in [-0.3, -0.25) is 0 Å². The molecular formula is C14H10Cl2F2O. The molecular weight excluding hydrogens is 293 g/mol. The van der Waals surface area contributed by atoms with Crippen molar-refractivity contribution in [1.29, 1.82) is 0 Å². The molecule has 0 saturated heterocycles. The highest BCUT2D eigenvalue weighted by Gasteiger charge is 2.14. The third-order valence-electron chi connectivity index (χ3n) is 2.73. The summed E-state index contributed by atoms with van der Waals surface area (Å²) in [6, 6.07) is 8.07. The first-order valence-electron chi connectivity index (χ1n) is 5.54. The fourth-order valence-electron chi connectivity index (χ4n) is 1.77. The van der Waals surface area contributed by atoms with Crippen LogP contribution in [0.25, 0.3) is 0 Å². The van der Waals surface area contributed by atoms with Gasteiger partial charge in [-0.1, -0.05) is 29.3 Å². The number of hydrogen-bond donors (Lipinski definition) is 1. The topological polar surface area (TPSA) is 20.2 Å². The average Bonchev–Trinajstić information content (AvgIpc) is 2.36. The second kappa shape index (κ2) is 5.87. The van der Waals surface area contributed by atoms with Gasteiger partial charge in [0.05, 0.1) is 11.1 Å². The monoisotopic (exact) mass is 302 g/mol. The van der Waals surface area contributed by atoms with E-state index >= 15 is 0 Å². The third-order valence-corrected chi connectivity index (χ3v) is 3.25. The van der Waals surface area contributed by atoms with E-state index in [9.17, 15) is 13.9 Å². The lowest BCUT2D eigenvalue weighted by Gasteiger charge is -2.12. The van der Waals surface area contributed by atoms with Crippen molar-refractivity contribution in [3.63, 3.8) is 0 Å². The Balaban J connectivity index is 2.22. The van der Waals surface area contributed by atoms with Gasteiger partial charge in [0.1, 0.15) is 11.6 Å². The Labute approximate surface area is 119 Å². The first-order valence-corrected chi connectivity index (χ1v) is 6.30. The molecule has 2 rings (SSSR count). The van der Waals surface area contributed by atoms with Crippen molar-refractivity contribution in [3.05, 3.63) is 69.2 Å². The molecule has 2 aromatic carbocycles. The van der Waals surface area contributed by atoms with E-state index in [1.807, 2.05) is 0 Å². The van der Waals surface area contributed by atoms with E-state index in [1.165, 1.54) is 36.4 Å². The van der Waals surface area contributed by atoms with Crippen molar-refractivity contribution < 1.29 is 13.9 Å². The minimum Gasteiger partial charge on any atom is -0.388 e. The molecule has 0 amide bonds. The summed E-state index contributed by atoms with van der Waals surface area (Å²) in [4.78, 5) is 0. The SMILES string of the molecule is OC(Cc1ccc(F)c(Cl)c1)c1cc(Cl)ccc1F. The van der Waals surface area contributed by atoms with Crippen LogP contribution < -0.4 is 0 Å². The summed E-state index contributed by atoms with van der Waals surface area (Å²) in [5.41, 5.74) is 0.714. The Hall–Kier alpha value is -1.16. The van der Waals surface area contributed by atoms with Gasteiger partial charge in [-0.15, -0.1) is 0 Å². The van der Waals surface area contributed by atoms with Crippen molar-refractivity contribution in [1.82, 2.24) is 0 Å². The Morgan fingerprint density at radius 1 is 1.00 bits per heavy atom. The highest BCUT2D eigenvalue weighted by atomic mass is 35.5.